The van der Waals surface area contributed by atoms with Crippen molar-refractivity contribution < 1.29 is 24.5 Å². The second-order valence-corrected chi connectivity index (χ2v) is 16.0. The number of ether oxygens (including phenoxy) is 2. The normalized spacial score (nSPS) is 53.2. The first-order valence-electron chi connectivity index (χ1n) is 15.2. The molecule has 4 saturated carbocycles. The predicted molar refractivity (Wildman–Crippen MR) is 145 cm³/mol. The molecule has 0 bridgehead atoms. The largest absolute Gasteiger partial charge is 0.462 e. The third kappa shape index (κ3) is 3.83. The van der Waals surface area contributed by atoms with Crippen LogP contribution in [0.2, 0.25) is 0 Å². The van der Waals surface area contributed by atoms with Gasteiger partial charge in [-0.1, -0.05) is 34.6 Å². The molecule has 0 aromatic rings. The molecule has 1 aliphatic heterocycles. The Labute approximate surface area is 225 Å². The van der Waals surface area contributed by atoms with Gasteiger partial charge < -0.3 is 19.7 Å². The van der Waals surface area contributed by atoms with Gasteiger partial charge in [0.25, 0.3) is 0 Å². The van der Waals surface area contributed by atoms with Gasteiger partial charge in [0.2, 0.25) is 0 Å². The van der Waals surface area contributed by atoms with Crippen molar-refractivity contribution in [3.63, 3.8) is 0 Å². The molecule has 0 aromatic carbocycles. The summed E-state index contributed by atoms with van der Waals surface area (Å²) in [5.74, 6) is 1.31. The average molecular weight is 519 g/mol. The Kier molecular flexibility index (Phi) is 6.35. The van der Waals surface area contributed by atoms with E-state index in [1.807, 2.05) is 13.8 Å². The highest BCUT2D eigenvalue weighted by atomic mass is 16.5. The van der Waals surface area contributed by atoms with E-state index in [1.54, 1.807) is 6.92 Å². The van der Waals surface area contributed by atoms with Gasteiger partial charge in [0, 0.05) is 12.8 Å². The molecule has 2 N–H and O–H groups in total. The van der Waals surface area contributed by atoms with Crippen LogP contribution >= 0.6 is 0 Å². The summed E-state index contributed by atoms with van der Waals surface area (Å²) in [6.07, 6.45) is 8.67. The third-order valence-corrected chi connectivity index (χ3v) is 13.5. The molecule has 0 spiro atoms. The second-order valence-electron chi connectivity index (χ2n) is 16.0. The summed E-state index contributed by atoms with van der Waals surface area (Å²) in [5.41, 5.74) is -0.944. The molecule has 4 aliphatic carbocycles. The predicted octanol–water partition coefficient (Wildman–Crippen LogP) is 6.28. The lowest BCUT2D eigenvalue weighted by atomic mass is 9.35. The van der Waals surface area contributed by atoms with E-state index in [1.165, 1.54) is 6.42 Å². The summed E-state index contributed by atoms with van der Waals surface area (Å²) >= 11 is 0. The maximum Gasteiger partial charge on any atom is 0.302 e. The monoisotopic (exact) mass is 518 g/mol. The lowest BCUT2D eigenvalue weighted by Gasteiger charge is -2.70. The zero-order valence-corrected chi connectivity index (χ0v) is 25.0. The standard InChI is InChI=1S/C32H54O5/c1-19(33)36-21-18-23-29(6)14-12-24(34)27(2,3)22(29)11-16-30(23,7)31(8)15-10-20(26(21)31)32(9)17-13-25(37-32)28(4,5)35/h20-26,34-35H,10-18H2,1-9H3/t20-,21+,22-,23?,24-,25-,26-,29-,30+,31+,32+/m0/s1. The minimum absolute atomic E-state index is 0.0497. The van der Waals surface area contributed by atoms with Crippen molar-refractivity contribution in [2.45, 2.75) is 150 Å². The van der Waals surface area contributed by atoms with E-state index in [0.717, 1.165) is 51.4 Å². The number of fused-ring (bicyclic) bond motifs is 5. The number of carbonyl (C=O) groups is 1. The molecule has 5 fully saturated rings. The molecule has 1 saturated heterocycles. The van der Waals surface area contributed by atoms with Crippen molar-refractivity contribution in [3.8, 4) is 0 Å². The first-order valence-corrected chi connectivity index (χ1v) is 15.2. The molecule has 5 nitrogen and oxygen atoms in total. The van der Waals surface area contributed by atoms with Crippen LogP contribution in [0.15, 0.2) is 0 Å². The summed E-state index contributed by atoms with van der Waals surface area (Å²) in [7, 11) is 0. The number of hydrogen-bond donors (Lipinski definition) is 2. The summed E-state index contributed by atoms with van der Waals surface area (Å²) in [4.78, 5) is 12.5. The SMILES string of the molecule is CC(=O)O[C@@H]1CC2[C@@]3(C)CC[C@H](O)C(C)(C)[C@@H]3CC[C@@]2(C)[C@]2(C)CC[C@H]([C@@]3(C)CC[C@@H](C(C)(C)O)O3)[C@@H]12. The number of aliphatic hydroxyl groups excluding tert-OH is 1. The molecular formula is C32H54O5. The molecule has 5 aliphatic rings. The highest BCUT2D eigenvalue weighted by Crippen LogP contribution is 2.76. The number of aliphatic hydroxyl groups is 2. The van der Waals surface area contributed by atoms with Crippen LogP contribution in [-0.4, -0.2) is 45.7 Å². The highest BCUT2D eigenvalue weighted by molar-refractivity contribution is 5.66. The Hall–Kier alpha value is -0.650. The minimum Gasteiger partial charge on any atom is -0.462 e. The first-order chi connectivity index (χ1) is 16.9. The van der Waals surface area contributed by atoms with E-state index in [-0.39, 0.29) is 57.5 Å². The number of rotatable bonds is 3. The zero-order valence-electron chi connectivity index (χ0n) is 25.0. The summed E-state index contributed by atoms with van der Waals surface area (Å²) in [6, 6.07) is 0. The van der Waals surface area contributed by atoms with E-state index in [9.17, 15) is 15.0 Å². The van der Waals surface area contributed by atoms with Crippen molar-refractivity contribution in [3.05, 3.63) is 0 Å². The number of esters is 1. The van der Waals surface area contributed by atoms with Crippen molar-refractivity contribution >= 4 is 5.97 Å². The smallest absolute Gasteiger partial charge is 0.302 e. The van der Waals surface area contributed by atoms with E-state index >= 15 is 0 Å². The van der Waals surface area contributed by atoms with E-state index in [0.29, 0.717) is 17.8 Å². The molecule has 0 amide bonds. The van der Waals surface area contributed by atoms with Gasteiger partial charge in [0.05, 0.1) is 23.4 Å². The van der Waals surface area contributed by atoms with Crippen LogP contribution < -0.4 is 0 Å². The van der Waals surface area contributed by atoms with Gasteiger partial charge in [-0.2, -0.15) is 0 Å². The van der Waals surface area contributed by atoms with E-state index in [4.69, 9.17) is 9.47 Å². The maximum absolute atomic E-state index is 12.5. The second kappa shape index (κ2) is 8.43. The zero-order chi connectivity index (χ0) is 27.4. The van der Waals surface area contributed by atoms with Gasteiger partial charge in [0.1, 0.15) is 6.10 Å². The first kappa shape index (κ1) is 27.9. The van der Waals surface area contributed by atoms with Crippen LogP contribution in [0, 0.1) is 45.3 Å². The molecule has 212 valence electrons. The van der Waals surface area contributed by atoms with Gasteiger partial charge in [-0.25, -0.2) is 0 Å². The Bertz CT molecular complexity index is 923. The summed E-state index contributed by atoms with van der Waals surface area (Å²) in [6.45, 7) is 19.7. The Morgan fingerprint density at radius 1 is 0.892 bits per heavy atom. The van der Waals surface area contributed by atoms with Crippen LogP contribution in [0.1, 0.15) is 120 Å². The van der Waals surface area contributed by atoms with E-state index < -0.39 is 5.60 Å². The van der Waals surface area contributed by atoms with Gasteiger partial charge in [-0.3, -0.25) is 4.79 Å². The lowest BCUT2D eigenvalue weighted by Crippen LogP contribution is -2.67. The van der Waals surface area contributed by atoms with Crippen LogP contribution in [0.5, 0.6) is 0 Å². The number of hydrogen-bond acceptors (Lipinski definition) is 5. The summed E-state index contributed by atoms with van der Waals surface area (Å²) < 4.78 is 13.0. The van der Waals surface area contributed by atoms with Crippen LogP contribution in [0.25, 0.3) is 0 Å². The van der Waals surface area contributed by atoms with Gasteiger partial charge >= 0.3 is 5.97 Å². The van der Waals surface area contributed by atoms with Gasteiger partial charge in [-0.05, 0) is 118 Å². The van der Waals surface area contributed by atoms with E-state index in [2.05, 4.69) is 41.5 Å². The molecule has 5 rings (SSSR count). The molecule has 0 aromatic heterocycles. The molecule has 5 heteroatoms. The fraction of sp³-hybridized carbons (Fsp3) is 0.969. The Balaban J connectivity index is 1.54. The van der Waals surface area contributed by atoms with Crippen molar-refractivity contribution in [1.82, 2.24) is 0 Å². The fourth-order valence-electron chi connectivity index (χ4n) is 11.4. The van der Waals surface area contributed by atoms with Crippen molar-refractivity contribution in [2.75, 3.05) is 0 Å². The minimum atomic E-state index is -0.857. The molecule has 1 unspecified atom stereocenters. The Morgan fingerprint density at radius 3 is 2.14 bits per heavy atom. The molecule has 0 radical (unpaired) electrons. The molecule has 1 heterocycles. The van der Waals surface area contributed by atoms with Crippen LogP contribution in [-0.2, 0) is 14.3 Å². The highest BCUT2D eigenvalue weighted by Gasteiger charge is 2.72. The Morgan fingerprint density at radius 2 is 1.54 bits per heavy atom. The van der Waals surface area contributed by atoms with Crippen molar-refractivity contribution in [1.29, 1.82) is 0 Å². The number of carbonyl (C=O) groups excluding carboxylic acids is 1. The van der Waals surface area contributed by atoms with Gasteiger partial charge in [-0.15, -0.1) is 0 Å². The maximum atomic E-state index is 12.5. The van der Waals surface area contributed by atoms with Gasteiger partial charge in [0.15, 0.2) is 0 Å². The van der Waals surface area contributed by atoms with Crippen LogP contribution in [0.4, 0.5) is 0 Å². The fourth-order valence-corrected chi connectivity index (χ4v) is 11.4. The molecule has 11 atom stereocenters. The molecule has 37 heavy (non-hydrogen) atoms. The van der Waals surface area contributed by atoms with Crippen LogP contribution in [0.3, 0.4) is 0 Å². The topological polar surface area (TPSA) is 76.0 Å². The van der Waals surface area contributed by atoms with Crippen molar-refractivity contribution in [2.24, 2.45) is 45.3 Å². The third-order valence-electron chi connectivity index (χ3n) is 13.5. The average Bonchev–Trinajstić information content (AvgIpc) is 3.35. The quantitative estimate of drug-likeness (QED) is 0.430. The molecular weight excluding hydrogens is 464 g/mol. The summed E-state index contributed by atoms with van der Waals surface area (Å²) in [5, 5.41) is 21.7. The lowest BCUT2D eigenvalue weighted by molar-refractivity contribution is -0.252.